The minimum Gasteiger partial charge on any atom is -0.495 e. The van der Waals surface area contributed by atoms with E-state index in [4.69, 9.17) is 21.3 Å². The van der Waals surface area contributed by atoms with Gasteiger partial charge in [0.15, 0.2) is 0 Å². The van der Waals surface area contributed by atoms with Gasteiger partial charge >= 0.3 is 5.97 Å². The Morgan fingerprint density at radius 1 is 1.33 bits per heavy atom. The number of carbonyl (C=O) groups excluding carboxylic acids is 2. The first-order valence-electron chi connectivity index (χ1n) is 6.46. The molecule has 0 spiro atoms. The minimum absolute atomic E-state index is 0.165. The molecule has 0 fully saturated rings. The molecule has 1 N–H and O–H groups in total. The van der Waals surface area contributed by atoms with E-state index in [-0.39, 0.29) is 11.9 Å². The lowest BCUT2D eigenvalue weighted by molar-refractivity contribution is -0.141. The van der Waals surface area contributed by atoms with Gasteiger partial charge in [0.25, 0.3) is 0 Å². The Labute approximate surface area is 129 Å². The second-order valence-electron chi connectivity index (χ2n) is 4.35. The Hall–Kier alpha value is -1.95. The first-order chi connectivity index (χ1) is 9.93. The number of nitrogens with one attached hydrogen (secondary N) is 1. The zero-order valence-corrected chi connectivity index (χ0v) is 13.1. The van der Waals surface area contributed by atoms with Crippen LogP contribution in [0, 0.1) is 0 Å². The molecular formula is C14H19ClN2O4. The van der Waals surface area contributed by atoms with E-state index in [0.29, 0.717) is 36.7 Å². The Morgan fingerprint density at radius 2 is 2.05 bits per heavy atom. The van der Waals surface area contributed by atoms with Gasteiger partial charge in [-0.15, -0.1) is 0 Å². The van der Waals surface area contributed by atoms with Crippen LogP contribution in [0.25, 0.3) is 0 Å². The predicted molar refractivity (Wildman–Crippen MR) is 81.7 cm³/mol. The Balaban J connectivity index is 2.73. The van der Waals surface area contributed by atoms with Crippen LogP contribution in [0.4, 0.5) is 11.4 Å². The summed E-state index contributed by atoms with van der Waals surface area (Å²) in [6.45, 7) is 3.56. The molecule has 0 radical (unpaired) electrons. The zero-order chi connectivity index (χ0) is 15.8. The number of hydrogen-bond donors (Lipinski definition) is 1. The summed E-state index contributed by atoms with van der Waals surface area (Å²) in [6.07, 6.45) is 0.580. The van der Waals surface area contributed by atoms with Crippen molar-refractivity contribution in [3.05, 3.63) is 18.2 Å². The number of hydrogen-bond acceptors (Lipinski definition) is 5. The SMILES string of the molecule is COc1ccc(NC(C)=O)cc1N(Cl)CCCOC(C)=O. The van der Waals surface area contributed by atoms with Crippen LogP contribution in [-0.4, -0.2) is 32.1 Å². The van der Waals surface area contributed by atoms with Crippen molar-refractivity contribution in [2.45, 2.75) is 20.3 Å². The van der Waals surface area contributed by atoms with Gasteiger partial charge in [0.2, 0.25) is 5.91 Å². The molecule has 0 unspecified atom stereocenters. The van der Waals surface area contributed by atoms with Crippen molar-refractivity contribution < 1.29 is 19.1 Å². The summed E-state index contributed by atoms with van der Waals surface area (Å²) in [5.41, 5.74) is 1.26. The van der Waals surface area contributed by atoms with Gasteiger partial charge in [-0.2, -0.15) is 0 Å². The van der Waals surface area contributed by atoms with Crippen LogP contribution in [0.5, 0.6) is 5.75 Å². The van der Waals surface area contributed by atoms with E-state index in [1.807, 2.05) is 0 Å². The molecule has 1 aromatic rings. The number of methoxy groups -OCH3 is 1. The van der Waals surface area contributed by atoms with Gasteiger partial charge in [0, 0.05) is 44.3 Å². The average molecular weight is 315 g/mol. The molecule has 0 aliphatic carbocycles. The Morgan fingerprint density at radius 3 is 2.62 bits per heavy atom. The number of carbonyl (C=O) groups is 2. The highest BCUT2D eigenvalue weighted by molar-refractivity contribution is 6.26. The quantitative estimate of drug-likeness (QED) is 0.476. The van der Waals surface area contributed by atoms with Crippen molar-refractivity contribution in [2.75, 3.05) is 30.0 Å². The summed E-state index contributed by atoms with van der Waals surface area (Å²) in [4.78, 5) is 21.8. The second kappa shape index (κ2) is 8.36. The van der Waals surface area contributed by atoms with Gasteiger partial charge in [0.05, 0.1) is 19.4 Å². The molecule has 116 valence electrons. The number of ether oxygens (including phenoxy) is 2. The first-order valence-corrected chi connectivity index (χ1v) is 6.80. The zero-order valence-electron chi connectivity index (χ0n) is 12.3. The number of halogens is 1. The van der Waals surface area contributed by atoms with Gasteiger partial charge in [-0.05, 0) is 18.2 Å². The number of esters is 1. The van der Waals surface area contributed by atoms with Crippen LogP contribution < -0.4 is 14.5 Å². The summed E-state index contributed by atoms with van der Waals surface area (Å²) >= 11 is 6.21. The Kier molecular flexibility index (Phi) is 6.81. The second-order valence-corrected chi connectivity index (χ2v) is 4.76. The van der Waals surface area contributed by atoms with Crippen molar-refractivity contribution in [3.8, 4) is 5.75 Å². The molecule has 0 saturated heterocycles. The highest BCUT2D eigenvalue weighted by atomic mass is 35.5. The van der Waals surface area contributed by atoms with E-state index in [2.05, 4.69) is 5.32 Å². The van der Waals surface area contributed by atoms with Crippen molar-refractivity contribution in [3.63, 3.8) is 0 Å². The summed E-state index contributed by atoms with van der Waals surface area (Å²) in [7, 11) is 1.54. The van der Waals surface area contributed by atoms with Crippen molar-refractivity contribution in [1.29, 1.82) is 0 Å². The molecule has 1 aromatic carbocycles. The fourth-order valence-electron chi connectivity index (χ4n) is 1.70. The maximum absolute atomic E-state index is 11.1. The lowest BCUT2D eigenvalue weighted by atomic mass is 10.2. The maximum atomic E-state index is 11.1. The third-order valence-corrected chi connectivity index (χ3v) is 2.92. The molecule has 6 nitrogen and oxygen atoms in total. The van der Waals surface area contributed by atoms with Gasteiger partial charge in [0.1, 0.15) is 5.75 Å². The molecule has 0 saturated carbocycles. The molecule has 1 rings (SSSR count). The van der Waals surface area contributed by atoms with Crippen LogP contribution in [-0.2, 0) is 14.3 Å². The molecule has 0 bridgehead atoms. The number of amides is 1. The van der Waals surface area contributed by atoms with Crippen molar-refractivity contribution in [1.82, 2.24) is 0 Å². The minimum atomic E-state index is -0.318. The normalized spacial score (nSPS) is 9.90. The lowest BCUT2D eigenvalue weighted by Gasteiger charge is -2.19. The maximum Gasteiger partial charge on any atom is 0.302 e. The van der Waals surface area contributed by atoms with Crippen LogP contribution in [0.15, 0.2) is 18.2 Å². The van der Waals surface area contributed by atoms with Gasteiger partial charge in [-0.25, -0.2) is 0 Å². The number of nitrogens with zero attached hydrogens (tertiary/aromatic N) is 1. The lowest BCUT2D eigenvalue weighted by Crippen LogP contribution is -2.16. The number of benzene rings is 1. The summed E-state index contributed by atoms with van der Waals surface area (Å²) < 4.78 is 11.6. The molecule has 0 aromatic heterocycles. The molecule has 0 atom stereocenters. The van der Waals surface area contributed by atoms with Crippen LogP contribution in [0.1, 0.15) is 20.3 Å². The van der Waals surface area contributed by atoms with E-state index in [9.17, 15) is 9.59 Å². The molecule has 1 amide bonds. The monoisotopic (exact) mass is 314 g/mol. The standard InChI is InChI=1S/C14H19ClN2O4/c1-10(18)16-12-5-6-14(20-3)13(9-12)17(15)7-4-8-21-11(2)19/h5-6,9H,4,7-8H2,1-3H3,(H,16,18). The fourth-order valence-corrected chi connectivity index (χ4v) is 1.95. The summed E-state index contributed by atoms with van der Waals surface area (Å²) in [6, 6.07) is 5.18. The highest BCUT2D eigenvalue weighted by Crippen LogP contribution is 2.32. The van der Waals surface area contributed by atoms with Crippen molar-refractivity contribution >= 4 is 35.0 Å². The molecule has 0 aliphatic rings. The molecular weight excluding hydrogens is 296 g/mol. The van der Waals surface area contributed by atoms with Crippen LogP contribution in [0.3, 0.4) is 0 Å². The van der Waals surface area contributed by atoms with E-state index >= 15 is 0 Å². The van der Waals surface area contributed by atoms with E-state index in [0.717, 1.165) is 0 Å². The molecule has 0 heterocycles. The Bertz CT molecular complexity index is 508. The van der Waals surface area contributed by atoms with E-state index in [1.165, 1.54) is 18.3 Å². The van der Waals surface area contributed by atoms with E-state index < -0.39 is 0 Å². The van der Waals surface area contributed by atoms with Crippen LogP contribution >= 0.6 is 11.8 Å². The summed E-state index contributed by atoms with van der Waals surface area (Å²) in [5.74, 6) is 0.107. The van der Waals surface area contributed by atoms with Crippen LogP contribution in [0.2, 0.25) is 0 Å². The number of anilines is 2. The third kappa shape index (κ3) is 5.91. The summed E-state index contributed by atoms with van der Waals surface area (Å²) in [5, 5.41) is 2.68. The van der Waals surface area contributed by atoms with Gasteiger partial charge < -0.3 is 14.8 Å². The van der Waals surface area contributed by atoms with Gasteiger partial charge in [-0.3, -0.25) is 14.0 Å². The smallest absolute Gasteiger partial charge is 0.302 e. The highest BCUT2D eigenvalue weighted by Gasteiger charge is 2.12. The van der Waals surface area contributed by atoms with Crippen molar-refractivity contribution in [2.24, 2.45) is 0 Å². The molecule has 0 aliphatic heterocycles. The average Bonchev–Trinajstić information content (AvgIpc) is 2.42. The molecule has 21 heavy (non-hydrogen) atoms. The van der Waals surface area contributed by atoms with E-state index in [1.54, 1.807) is 25.3 Å². The van der Waals surface area contributed by atoms with Gasteiger partial charge in [-0.1, -0.05) is 0 Å². The fraction of sp³-hybridized carbons (Fsp3) is 0.429. The molecule has 7 heteroatoms. The topological polar surface area (TPSA) is 67.9 Å². The predicted octanol–water partition coefficient (Wildman–Crippen LogP) is 2.57. The third-order valence-electron chi connectivity index (χ3n) is 2.56. The number of rotatable bonds is 7. The largest absolute Gasteiger partial charge is 0.495 e. The first kappa shape index (κ1) is 17.1.